The van der Waals surface area contributed by atoms with Crippen LogP contribution in [0.3, 0.4) is 0 Å². The van der Waals surface area contributed by atoms with Crippen LogP contribution in [0.5, 0.6) is 0 Å². The van der Waals surface area contributed by atoms with E-state index in [9.17, 15) is 0 Å². The number of rotatable bonds is 3. The first-order chi connectivity index (χ1) is 5.34. The highest BCUT2D eigenvalue weighted by molar-refractivity contribution is 4.96. The summed E-state index contributed by atoms with van der Waals surface area (Å²) in [4.78, 5) is 0. The molecule has 0 fully saturated rings. The zero-order valence-electron chi connectivity index (χ0n) is 7.42. The van der Waals surface area contributed by atoms with Crippen molar-refractivity contribution in [2.24, 2.45) is 11.7 Å². The van der Waals surface area contributed by atoms with E-state index in [4.69, 9.17) is 5.73 Å². The zero-order valence-corrected chi connectivity index (χ0v) is 7.42. The molecule has 1 nitrogen and oxygen atoms in total. The Bertz CT molecular complexity index is 129. The molecule has 1 aliphatic carbocycles. The molecule has 0 aromatic rings. The fraction of sp³-hybridized carbons (Fsp3) is 0.800. The van der Waals surface area contributed by atoms with Crippen molar-refractivity contribution in [1.29, 1.82) is 0 Å². The number of allylic oxidation sites excluding steroid dienone is 1. The van der Waals surface area contributed by atoms with Gasteiger partial charge in [-0.15, -0.1) is 0 Å². The molecule has 2 N–H and O–H groups in total. The van der Waals surface area contributed by atoms with Gasteiger partial charge in [-0.1, -0.05) is 25.5 Å². The second kappa shape index (κ2) is 4.55. The zero-order chi connectivity index (χ0) is 8.10. The average Bonchev–Trinajstić information content (AvgIpc) is 2.07. The molecule has 0 aliphatic heterocycles. The monoisotopic (exact) mass is 153 g/mol. The first-order valence-corrected chi connectivity index (χ1v) is 4.77. The SMILES string of the molecule is CCCC(N)C1C=CCCC1. The largest absolute Gasteiger partial charge is 0.327 e. The van der Waals surface area contributed by atoms with Crippen LogP contribution in [0.25, 0.3) is 0 Å². The first-order valence-electron chi connectivity index (χ1n) is 4.77. The predicted octanol–water partition coefficient (Wildman–Crippen LogP) is 2.47. The summed E-state index contributed by atoms with van der Waals surface area (Å²) in [6.45, 7) is 2.20. The average molecular weight is 153 g/mol. The molecular weight excluding hydrogens is 134 g/mol. The van der Waals surface area contributed by atoms with Crippen molar-refractivity contribution in [3.63, 3.8) is 0 Å². The van der Waals surface area contributed by atoms with Crippen molar-refractivity contribution in [1.82, 2.24) is 0 Å². The summed E-state index contributed by atoms with van der Waals surface area (Å²) in [6.07, 6.45) is 10.9. The minimum Gasteiger partial charge on any atom is -0.327 e. The second-order valence-corrected chi connectivity index (χ2v) is 3.48. The van der Waals surface area contributed by atoms with Gasteiger partial charge in [-0.2, -0.15) is 0 Å². The van der Waals surface area contributed by atoms with Crippen LogP contribution < -0.4 is 5.73 Å². The minimum atomic E-state index is 0.413. The Morgan fingerprint density at radius 3 is 3.00 bits per heavy atom. The van der Waals surface area contributed by atoms with E-state index < -0.39 is 0 Å². The fourth-order valence-electron chi connectivity index (χ4n) is 1.74. The van der Waals surface area contributed by atoms with Gasteiger partial charge in [0.2, 0.25) is 0 Å². The summed E-state index contributed by atoms with van der Waals surface area (Å²) in [5, 5.41) is 0. The van der Waals surface area contributed by atoms with E-state index in [1.807, 2.05) is 0 Å². The van der Waals surface area contributed by atoms with Gasteiger partial charge in [0, 0.05) is 6.04 Å². The molecule has 2 atom stereocenters. The molecule has 0 aromatic carbocycles. The van der Waals surface area contributed by atoms with Crippen LogP contribution in [0.15, 0.2) is 12.2 Å². The van der Waals surface area contributed by atoms with Gasteiger partial charge in [-0.25, -0.2) is 0 Å². The van der Waals surface area contributed by atoms with Gasteiger partial charge in [0.1, 0.15) is 0 Å². The van der Waals surface area contributed by atoms with E-state index in [2.05, 4.69) is 19.1 Å². The second-order valence-electron chi connectivity index (χ2n) is 3.48. The highest BCUT2D eigenvalue weighted by atomic mass is 14.6. The molecular formula is C10H19N. The maximum absolute atomic E-state index is 6.01. The molecule has 1 heteroatoms. The molecule has 0 amide bonds. The molecule has 2 unspecified atom stereocenters. The summed E-state index contributed by atoms with van der Waals surface area (Å²) >= 11 is 0. The predicted molar refractivity (Wildman–Crippen MR) is 49.4 cm³/mol. The Morgan fingerprint density at radius 2 is 2.45 bits per heavy atom. The van der Waals surface area contributed by atoms with Crippen LogP contribution in [0.1, 0.15) is 39.0 Å². The lowest BCUT2D eigenvalue weighted by atomic mass is 9.88. The van der Waals surface area contributed by atoms with Gasteiger partial charge in [0.15, 0.2) is 0 Å². The van der Waals surface area contributed by atoms with Crippen molar-refractivity contribution in [2.75, 3.05) is 0 Å². The smallest absolute Gasteiger partial charge is 0.0102 e. The van der Waals surface area contributed by atoms with Crippen LogP contribution in [-0.2, 0) is 0 Å². The summed E-state index contributed by atoms with van der Waals surface area (Å²) < 4.78 is 0. The number of nitrogens with two attached hydrogens (primary N) is 1. The lowest BCUT2D eigenvalue weighted by Gasteiger charge is -2.22. The summed E-state index contributed by atoms with van der Waals surface area (Å²) in [5.74, 6) is 0.670. The van der Waals surface area contributed by atoms with E-state index in [-0.39, 0.29) is 0 Å². The lowest BCUT2D eigenvalue weighted by molar-refractivity contribution is 0.420. The highest BCUT2D eigenvalue weighted by Gasteiger charge is 2.15. The number of hydrogen-bond donors (Lipinski definition) is 1. The molecule has 0 saturated carbocycles. The third-order valence-corrected chi connectivity index (χ3v) is 2.46. The summed E-state index contributed by atoms with van der Waals surface area (Å²) in [5.41, 5.74) is 6.01. The van der Waals surface area contributed by atoms with Gasteiger partial charge < -0.3 is 5.73 Å². The standard InChI is InChI=1S/C10H19N/c1-2-6-10(11)9-7-4-3-5-8-9/h4,7,9-10H,2-3,5-6,8,11H2,1H3. The first kappa shape index (κ1) is 8.79. The topological polar surface area (TPSA) is 26.0 Å². The molecule has 11 heavy (non-hydrogen) atoms. The van der Waals surface area contributed by atoms with Crippen LogP contribution >= 0.6 is 0 Å². The minimum absolute atomic E-state index is 0.413. The normalized spacial score (nSPS) is 26.9. The molecule has 64 valence electrons. The quantitative estimate of drug-likeness (QED) is 0.619. The van der Waals surface area contributed by atoms with E-state index >= 15 is 0 Å². The van der Waals surface area contributed by atoms with Crippen molar-refractivity contribution in [3.8, 4) is 0 Å². The Morgan fingerprint density at radius 1 is 1.64 bits per heavy atom. The van der Waals surface area contributed by atoms with Crippen LogP contribution in [-0.4, -0.2) is 6.04 Å². The number of hydrogen-bond acceptors (Lipinski definition) is 1. The maximum Gasteiger partial charge on any atom is 0.0102 e. The van der Waals surface area contributed by atoms with E-state index in [0.29, 0.717) is 12.0 Å². The van der Waals surface area contributed by atoms with Crippen molar-refractivity contribution in [3.05, 3.63) is 12.2 Å². The molecule has 0 radical (unpaired) electrons. The third-order valence-electron chi connectivity index (χ3n) is 2.46. The van der Waals surface area contributed by atoms with Crippen molar-refractivity contribution >= 4 is 0 Å². The van der Waals surface area contributed by atoms with E-state index in [1.54, 1.807) is 0 Å². The fourth-order valence-corrected chi connectivity index (χ4v) is 1.74. The molecule has 0 spiro atoms. The third kappa shape index (κ3) is 2.66. The van der Waals surface area contributed by atoms with Crippen LogP contribution in [0, 0.1) is 5.92 Å². The van der Waals surface area contributed by atoms with Gasteiger partial charge in [-0.05, 0) is 31.6 Å². The Labute approximate surface area is 69.7 Å². The molecule has 0 heterocycles. The Hall–Kier alpha value is -0.300. The van der Waals surface area contributed by atoms with E-state index in [1.165, 1.54) is 32.1 Å². The summed E-state index contributed by atoms with van der Waals surface area (Å²) in [6, 6.07) is 0.413. The lowest BCUT2D eigenvalue weighted by Crippen LogP contribution is -2.29. The van der Waals surface area contributed by atoms with Gasteiger partial charge in [0.25, 0.3) is 0 Å². The molecule has 0 aromatic heterocycles. The molecule has 1 aliphatic rings. The Balaban J connectivity index is 2.32. The van der Waals surface area contributed by atoms with Gasteiger partial charge >= 0.3 is 0 Å². The van der Waals surface area contributed by atoms with Crippen LogP contribution in [0.2, 0.25) is 0 Å². The Kier molecular flexibility index (Phi) is 3.64. The maximum atomic E-state index is 6.01. The van der Waals surface area contributed by atoms with Crippen LogP contribution in [0.4, 0.5) is 0 Å². The van der Waals surface area contributed by atoms with Crippen molar-refractivity contribution in [2.45, 2.75) is 45.1 Å². The highest BCUT2D eigenvalue weighted by Crippen LogP contribution is 2.21. The molecule has 0 bridgehead atoms. The molecule has 0 saturated heterocycles. The van der Waals surface area contributed by atoms with Gasteiger partial charge in [-0.3, -0.25) is 0 Å². The van der Waals surface area contributed by atoms with E-state index in [0.717, 1.165) is 0 Å². The van der Waals surface area contributed by atoms with Crippen molar-refractivity contribution < 1.29 is 0 Å². The van der Waals surface area contributed by atoms with Gasteiger partial charge in [0.05, 0.1) is 0 Å². The molecule has 1 rings (SSSR count). The summed E-state index contributed by atoms with van der Waals surface area (Å²) in [7, 11) is 0.